The Bertz CT molecular complexity index is 599. The van der Waals surface area contributed by atoms with Crippen LogP contribution in [0.5, 0.6) is 5.75 Å². The van der Waals surface area contributed by atoms with Crippen molar-refractivity contribution >= 4 is 23.2 Å². The standard InChI is InChI=1S/C16H17ClN2O2/c1-2-3-10-21-14-7-5-4-6-13(14)16(20)19-12-8-9-15(17)18-11-12/h4-9,11H,2-3,10H2,1H3,(H,19,20). The number of unbranched alkanes of at least 4 members (excludes halogenated alkanes) is 1. The van der Waals surface area contributed by atoms with Gasteiger partial charge < -0.3 is 10.1 Å². The van der Waals surface area contributed by atoms with E-state index in [4.69, 9.17) is 16.3 Å². The van der Waals surface area contributed by atoms with E-state index in [1.165, 1.54) is 6.20 Å². The van der Waals surface area contributed by atoms with E-state index in [0.29, 0.717) is 28.8 Å². The molecule has 0 saturated carbocycles. The number of pyridine rings is 1. The predicted molar refractivity (Wildman–Crippen MR) is 84.0 cm³/mol. The van der Waals surface area contributed by atoms with Gasteiger partial charge >= 0.3 is 0 Å². The maximum atomic E-state index is 12.3. The summed E-state index contributed by atoms with van der Waals surface area (Å²) in [5.41, 5.74) is 1.09. The van der Waals surface area contributed by atoms with Gasteiger partial charge in [0, 0.05) is 0 Å². The highest BCUT2D eigenvalue weighted by molar-refractivity contribution is 6.29. The number of halogens is 1. The number of benzene rings is 1. The van der Waals surface area contributed by atoms with Crippen LogP contribution in [0.4, 0.5) is 5.69 Å². The minimum Gasteiger partial charge on any atom is -0.493 e. The Morgan fingerprint density at radius 3 is 2.81 bits per heavy atom. The molecule has 0 saturated heterocycles. The number of carbonyl (C=O) groups excluding carboxylic acids is 1. The summed E-state index contributed by atoms with van der Waals surface area (Å²) in [6.45, 7) is 2.69. The fourth-order valence-electron chi connectivity index (χ4n) is 1.75. The molecule has 2 rings (SSSR count). The molecule has 1 aromatic heterocycles. The lowest BCUT2D eigenvalue weighted by Gasteiger charge is -2.11. The number of nitrogens with one attached hydrogen (secondary N) is 1. The fourth-order valence-corrected chi connectivity index (χ4v) is 1.87. The van der Waals surface area contributed by atoms with Crippen LogP contribution in [-0.2, 0) is 0 Å². The van der Waals surface area contributed by atoms with Gasteiger partial charge in [-0.15, -0.1) is 0 Å². The molecule has 4 nitrogen and oxygen atoms in total. The van der Waals surface area contributed by atoms with E-state index in [1.54, 1.807) is 24.3 Å². The van der Waals surface area contributed by atoms with Gasteiger partial charge in [-0.25, -0.2) is 4.98 Å². The van der Waals surface area contributed by atoms with Gasteiger partial charge in [0.15, 0.2) is 0 Å². The van der Waals surface area contributed by atoms with Crippen LogP contribution in [0.1, 0.15) is 30.1 Å². The van der Waals surface area contributed by atoms with Crippen molar-refractivity contribution in [2.24, 2.45) is 0 Å². The lowest BCUT2D eigenvalue weighted by Crippen LogP contribution is -2.14. The smallest absolute Gasteiger partial charge is 0.259 e. The van der Waals surface area contributed by atoms with Gasteiger partial charge in [-0.2, -0.15) is 0 Å². The van der Waals surface area contributed by atoms with Crippen molar-refractivity contribution in [3.8, 4) is 5.75 Å². The lowest BCUT2D eigenvalue weighted by molar-refractivity contribution is 0.102. The number of ether oxygens (including phenoxy) is 1. The number of anilines is 1. The summed E-state index contributed by atoms with van der Waals surface area (Å²) in [6, 6.07) is 10.5. The van der Waals surface area contributed by atoms with Gasteiger partial charge in [0.1, 0.15) is 10.9 Å². The number of carbonyl (C=O) groups is 1. The first-order chi connectivity index (χ1) is 10.2. The van der Waals surface area contributed by atoms with Crippen molar-refractivity contribution in [3.63, 3.8) is 0 Å². The highest BCUT2D eigenvalue weighted by atomic mass is 35.5. The minimum atomic E-state index is -0.230. The van der Waals surface area contributed by atoms with Crippen LogP contribution in [0.2, 0.25) is 5.15 Å². The molecule has 0 bridgehead atoms. The van der Waals surface area contributed by atoms with Crippen LogP contribution in [0.3, 0.4) is 0 Å². The van der Waals surface area contributed by atoms with Crippen molar-refractivity contribution in [1.29, 1.82) is 0 Å². The summed E-state index contributed by atoms with van der Waals surface area (Å²) in [5.74, 6) is 0.358. The van der Waals surface area contributed by atoms with Crippen LogP contribution in [0.15, 0.2) is 42.6 Å². The summed E-state index contributed by atoms with van der Waals surface area (Å²) in [6.07, 6.45) is 3.52. The third kappa shape index (κ3) is 4.46. The summed E-state index contributed by atoms with van der Waals surface area (Å²) < 4.78 is 5.66. The quantitative estimate of drug-likeness (QED) is 0.644. The molecule has 0 fully saturated rings. The van der Waals surface area contributed by atoms with E-state index in [0.717, 1.165) is 12.8 Å². The Morgan fingerprint density at radius 1 is 1.29 bits per heavy atom. The van der Waals surface area contributed by atoms with Gasteiger partial charge in [0.25, 0.3) is 5.91 Å². The zero-order valence-electron chi connectivity index (χ0n) is 11.8. The summed E-state index contributed by atoms with van der Waals surface area (Å²) >= 11 is 5.72. The second kappa shape index (κ2) is 7.64. The zero-order valence-corrected chi connectivity index (χ0v) is 12.6. The Balaban J connectivity index is 2.09. The summed E-state index contributed by atoms with van der Waals surface area (Å²) in [7, 11) is 0. The molecule has 0 atom stereocenters. The molecule has 0 aliphatic heterocycles. The normalized spacial score (nSPS) is 10.2. The van der Waals surface area contributed by atoms with Crippen LogP contribution in [-0.4, -0.2) is 17.5 Å². The van der Waals surface area contributed by atoms with E-state index < -0.39 is 0 Å². The van der Waals surface area contributed by atoms with Crippen molar-refractivity contribution in [1.82, 2.24) is 4.98 Å². The minimum absolute atomic E-state index is 0.230. The Labute approximate surface area is 129 Å². The Hall–Kier alpha value is -2.07. The number of hydrogen-bond donors (Lipinski definition) is 1. The highest BCUT2D eigenvalue weighted by Crippen LogP contribution is 2.20. The molecule has 0 unspecified atom stereocenters. The molecule has 0 radical (unpaired) electrons. The number of para-hydroxylation sites is 1. The zero-order chi connectivity index (χ0) is 15.1. The first kappa shape index (κ1) is 15.3. The monoisotopic (exact) mass is 304 g/mol. The van der Waals surface area contributed by atoms with Gasteiger partial charge in [-0.3, -0.25) is 4.79 Å². The molecule has 2 aromatic rings. The topological polar surface area (TPSA) is 51.2 Å². The van der Waals surface area contributed by atoms with Crippen LogP contribution in [0.25, 0.3) is 0 Å². The largest absolute Gasteiger partial charge is 0.493 e. The fraction of sp³-hybridized carbons (Fsp3) is 0.250. The van der Waals surface area contributed by atoms with Gasteiger partial charge in [0.05, 0.1) is 24.1 Å². The second-order valence-electron chi connectivity index (χ2n) is 4.52. The summed E-state index contributed by atoms with van der Waals surface area (Å²) in [5, 5.41) is 3.16. The molecule has 1 amide bonds. The second-order valence-corrected chi connectivity index (χ2v) is 4.91. The number of hydrogen-bond acceptors (Lipinski definition) is 3. The molecule has 0 aliphatic carbocycles. The lowest BCUT2D eigenvalue weighted by atomic mass is 10.2. The van der Waals surface area contributed by atoms with Gasteiger partial charge in [-0.1, -0.05) is 37.1 Å². The highest BCUT2D eigenvalue weighted by Gasteiger charge is 2.12. The van der Waals surface area contributed by atoms with Crippen LogP contribution >= 0.6 is 11.6 Å². The van der Waals surface area contributed by atoms with Crippen molar-refractivity contribution < 1.29 is 9.53 Å². The van der Waals surface area contributed by atoms with Crippen molar-refractivity contribution in [2.45, 2.75) is 19.8 Å². The average Bonchev–Trinajstić information content (AvgIpc) is 2.50. The number of nitrogens with zero attached hydrogens (tertiary/aromatic N) is 1. The van der Waals surface area contributed by atoms with E-state index >= 15 is 0 Å². The molecule has 1 heterocycles. The third-order valence-electron chi connectivity index (χ3n) is 2.87. The number of rotatable bonds is 6. The van der Waals surface area contributed by atoms with Crippen molar-refractivity contribution in [2.75, 3.05) is 11.9 Å². The molecule has 1 N–H and O–H groups in total. The molecular weight excluding hydrogens is 288 g/mol. The molecule has 1 aromatic carbocycles. The average molecular weight is 305 g/mol. The number of amides is 1. The SMILES string of the molecule is CCCCOc1ccccc1C(=O)Nc1ccc(Cl)nc1. The molecule has 0 spiro atoms. The third-order valence-corrected chi connectivity index (χ3v) is 3.10. The van der Waals surface area contributed by atoms with Gasteiger partial charge in [0.2, 0.25) is 0 Å². The molecule has 5 heteroatoms. The van der Waals surface area contributed by atoms with Crippen LogP contribution < -0.4 is 10.1 Å². The van der Waals surface area contributed by atoms with E-state index in [2.05, 4.69) is 17.2 Å². The Kier molecular flexibility index (Phi) is 5.58. The first-order valence-electron chi connectivity index (χ1n) is 6.85. The van der Waals surface area contributed by atoms with Crippen LogP contribution in [0, 0.1) is 0 Å². The van der Waals surface area contributed by atoms with E-state index in [9.17, 15) is 4.79 Å². The maximum Gasteiger partial charge on any atom is 0.259 e. The molecule has 0 aliphatic rings. The van der Waals surface area contributed by atoms with Gasteiger partial charge in [-0.05, 0) is 30.7 Å². The van der Waals surface area contributed by atoms with Crippen molar-refractivity contribution in [3.05, 3.63) is 53.3 Å². The first-order valence-corrected chi connectivity index (χ1v) is 7.23. The Morgan fingerprint density at radius 2 is 2.10 bits per heavy atom. The van der Waals surface area contributed by atoms with E-state index in [-0.39, 0.29) is 5.91 Å². The molecular formula is C16H17ClN2O2. The number of aromatic nitrogens is 1. The maximum absolute atomic E-state index is 12.3. The molecule has 21 heavy (non-hydrogen) atoms. The summed E-state index contributed by atoms with van der Waals surface area (Å²) in [4.78, 5) is 16.2. The predicted octanol–water partition coefficient (Wildman–Crippen LogP) is 4.17. The van der Waals surface area contributed by atoms with E-state index in [1.807, 2.05) is 12.1 Å². The molecule has 110 valence electrons.